The Morgan fingerprint density at radius 2 is 1.89 bits per heavy atom. The number of nitrogens with two attached hydrogens (primary N) is 1. The second-order valence-corrected chi connectivity index (χ2v) is 6.77. The van der Waals surface area contributed by atoms with Gasteiger partial charge in [0, 0.05) is 32.7 Å². The van der Waals surface area contributed by atoms with E-state index in [0.29, 0.717) is 19.6 Å². The standard InChI is InChI=1S/C10H20N4O3S/c1-10(2-3-12-8-10)9(15)13-4-6-14(7-5-13)18(11,16)17/h12H,2-8H2,1H3,(H2,11,16,17). The molecule has 8 heteroatoms. The SMILES string of the molecule is CC1(C(=O)N2CCN(S(N)(=O)=O)CC2)CCNC1. The number of carbonyl (C=O) groups is 1. The van der Waals surface area contributed by atoms with Gasteiger partial charge in [0.05, 0.1) is 5.41 Å². The van der Waals surface area contributed by atoms with Crippen LogP contribution in [0, 0.1) is 5.41 Å². The Morgan fingerprint density at radius 1 is 1.28 bits per heavy atom. The van der Waals surface area contributed by atoms with Crippen LogP contribution in [0.15, 0.2) is 0 Å². The molecule has 0 bridgehead atoms. The molecule has 18 heavy (non-hydrogen) atoms. The van der Waals surface area contributed by atoms with Gasteiger partial charge in [-0.05, 0) is 19.9 Å². The molecule has 1 amide bonds. The zero-order chi connectivity index (χ0) is 13.4. The molecule has 3 N–H and O–H groups in total. The van der Waals surface area contributed by atoms with Crippen LogP contribution in [0.1, 0.15) is 13.3 Å². The van der Waals surface area contributed by atoms with E-state index in [1.165, 1.54) is 4.31 Å². The van der Waals surface area contributed by atoms with E-state index >= 15 is 0 Å². The number of rotatable bonds is 2. The van der Waals surface area contributed by atoms with Gasteiger partial charge in [0.1, 0.15) is 0 Å². The monoisotopic (exact) mass is 276 g/mol. The van der Waals surface area contributed by atoms with Gasteiger partial charge in [-0.25, -0.2) is 5.14 Å². The van der Waals surface area contributed by atoms with Crippen LogP contribution in [0.25, 0.3) is 0 Å². The van der Waals surface area contributed by atoms with Gasteiger partial charge in [0.15, 0.2) is 0 Å². The molecule has 2 fully saturated rings. The second-order valence-electron chi connectivity index (χ2n) is 5.22. The summed E-state index contributed by atoms with van der Waals surface area (Å²) in [5.74, 6) is 0.113. The van der Waals surface area contributed by atoms with Gasteiger partial charge >= 0.3 is 0 Å². The first-order chi connectivity index (χ1) is 8.33. The number of amides is 1. The van der Waals surface area contributed by atoms with Crippen LogP contribution in [-0.4, -0.2) is 62.8 Å². The number of hydrogen-bond acceptors (Lipinski definition) is 4. The molecule has 0 aromatic heterocycles. The minimum absolute atomic E-state index is 0.113. The smallest absolute Gasteiger partial charge is 0.277 e. The summed E-state index contributed by atoms with van der Waals surface area (Å²) in [6.45, 7) is 4.93. The molecule has 0 radical (unpaired) electrons. The van der Waals surface area contributed by atoms with Crippen molar-refractivity contribution in [3.05, 3.63) is 0 Å². The van der Waals surface area contributed by atoms with E-state index in [-0.39, 0.29) is 24.4 Å². The molecule has 1 unspecified atom stereocenters. The van der Waals surface area contributed by atoms with Crippen molar-refractivity contribution >= 4 is 16.1 Å². The summed E-state index contributed by atoms with van der Waals surface area (Å²) in [4.78, 5) is 14.1. The highest BCUT2D eigenvalue weighted by atomic mass is 32.2. The fraction of sp³-hybridized carbons (Fsp3) is 0.900. The molecule has 2 aliphatic rings. The molecule has 1 atom stereocenters. The molecule has 0 saturated carbocycles. The van der Waals surface area contributed by atoms with Gasteiger partial charge in [-0.2, -0.15) is 12.7 Å². The minimum atomic E-state index is -3.63. The Bertz CT molecular complexity index is 422. The summed E-state index contributed by atoms with van der Waals surface area (Å²) < 4.78 is 23.6. The van der Waals surface area contributed by atoms with Crippen molar-refractivity contribution < 1.29 is 13.2 Å². The number of nitrogens with zero attached hydrogens (tertiary/aromatic N) is 2. The topological polar surface area (TPSA) is 95.7 Å². The number of carbonyl (C=O) groups excluding carboxylic acids is 1. The predicted molar refractivity (Wildman–Crippen MR) is 66.9 cm³/mol. The first-order valence-electron chi connectivity index (χ1n) is 6.11. The highest BCUT2D eigenvalue weighted by Crippen LogP contribution is 2.27. The third-order valence-corrected chi connectivity index (χ3v) is 4.86. The molecule has 2 rings (SSSR count). The maximum absolute atomic E-state index is 12.4. The van der Waals surface area contributed by atoms with Crippen molar-refractivity contribution in [1.82, 2.24) is 14.5 Å². The average molecular weight is 276 g/mol. The third kappa shape index (κ3) is 2.66. The van der Waals surface area contributed by atoms with Crippen LogP contribution >= 0.6 is 0 Å². The molecular weight excluding hydrogens is 256 g/mol. The Kier molecular flexibility index (Phi) is 3.63. The van der Waals surface area contributed by atoms with Crippen LogP contribution < -0.4 is 10.5 Å². The molecule has 2 aliphatic heterocycles. The van der Waals surface area contributed by atoms with Crippen molar-refractivity contribution in [2.45, 2.75) is 13.3 Å². The zero-order valence-corrected chi connectivity index (χ0v) is 11.4. The predicted octanol–water partition coefficient (Wildman–Crippen LogP) is -1.67. The maximum atomic E-state index is 12.4. The lowest BCUT2D eigenvalue weighted by Crippen LogP contribution is -2.55. The molecule has 2 heterocycles. The van der Waals surface area contributed by atoms with E-state index < -0.39 is 10.2 Å². The molecule has 0 aliphatic carbocycles. The molecule has 7 nitrogen and oxygen atoms in total. The molecular formula is C10H20N4O3S. The van der Waals surface area contributed by atoms with Crippen molar-refractivity contribution in [2.75, 3.05) is 39.3 Å². The molecule has 0 aromatic carbocycles. The molecule has 0 spiro atoms. The highest BCUT2D eigenvalue weighted by Gasteiger charge is 2.40. The fourth-order valence-electron chi connectivity index (χ4n) is 2.53. The maximum Gasteiger partial charge on any atom is 0.277 e. The van der Waals surface area contributed by atoms with Crippen LogP contribution in [-0.2, 0) is 15.0 Å². The van der Waals surface area contributed by atoms with Crippen molar-refractivity contribution in [3.8, 4) is 0 Å². The third-order valence-electron chi connectivity index (χ3n) is 3.77. The second kappa shape index (κ2) is 4.76. The Labute approximate surface area is 107 Å². The minimum Gasteiger partial charge on any atom is -0.340 e. The fourth-order valence-corrected chi connectivity index (χ4v) is 3.20. The molecule has 104 valence electrons. The van der Waals surface area contributed by atoms with E-state index in [1.807, 2.05) is 6.92 Å². The first kappa shape index (κ1) is 13.7. The van der Waals surface area contributed by atoms with Gasteiger partial charge in [-0.15, -0.1) is 0 Å². The van der Waals surface area contributed by atoms with Crippen molar-refractivity contribution in [2.24, 2.45) is 10.6 Å². The highest BCUT2D eigenvalue weighted by molar-refractivity contribution is 7.86. The van der Waals surface area contributed by atoms with Crippen LogP contribution in [0.3, 0.4) is 0 Å². The van der Waals surface area contributed by atoms with Gasteiger partial charge in [-0.3, -0.25) is 4.79 Å². The summed E-state index contributed by atoms with van der Waals surface area (Å²) in [6.07, 6.45) is 0.835. The lowest BCUT2D eigenvalue weighted by Gasteiger charge is -2.37. The Balaban J connectivity index is 1.96. The number of hydrogen-bond donors (Lipinski definition) is 2. The quantitative estimate of drug-likeness (QED) is 0.630. The lowest BCUT2D eigenvalue weighted by molar-refractivity contribution is -0.141. The first-order valence-corrected chi connectivity index (χ1v) is 7.61. The van der Waals surface area contributed by atoms with Crippen LogP contribution in [0.2, 0.25) is 0 Å². The lowest BCUT2D eigenvalue weighted by atomic mass is 9.88. The Hall–Kier alpha value is -0.700. The van der Waals surface area contributed by atoms with E-state index in [0.717, 1.165) is 13.0 Å². The van der Waals surface area contributed by atoms with Gasteiger partial charge < -0.3 is 10.2 Å². The van der Waals surface area contributed by atoms with Gasteiger partial charge in [0.2, 0.25) is 5.91 Å². The van der Waals surface area contributed by atoms with E-state index in [1.54, 1.807) is 4.90 Å². The van der Waals surface area contributed by atoms with E-state index in [9.17, 15) is 13.2 Å². The average Bonchev–Trinajstić information content (AvgIpc) is 2.75. The van der Waals surface area contributed by atoms with Crippen molar-refractivity contribution in [3.63, 3.8) is 0 Å². The van der Waals surface area contributed by atoms with Gasteiger partial charge in [0.25, 0.3) is 10.2 Å². The van der Waals surface area contributed by atoms with Crippen LogP contribution in [0.5, 0.6) is 0 Å². The Morgan fingerprint density at radius 3 is 2.33 bits per heavy atom. The summed E-state index contributed by atoms with van der Waals surface area (Å²) in [5, 5.41) is 8.26. The van der Waals surface area contributed by atoms with Gasteiger partial charge in [-0.1, -0.05) is 0 Å². The van der Waals surface area contributed by atoms with E-state index in [4.69, 9.17) is 5.14 Å². The largest absolute Gasteiger partial charge is 0.340 e. The summed E-state index contributed by atoms with van der Waals surface area (Å²) in [5.41, 5.74) is -0.343. The number of nitrogens with one attached hydrogen (secondary N) is 1. The summed E-state index contributed by atoms with van der Waals surface area (Å²) >= 11 is 0. The van der Waals surface area contributed by atoms with Crippen LogP contribution in [0.4, 0.5) is 0 Å². The molecule has 2 saturated heterocycles. The normalized spacial score (nSPS) is 30.7. The summed E-state index contributed by atoms with van der Waals surface area (Å²) in [6, 6.07) is 0. The van der Waals surface area contributed by atoms with E-state index in [2.05, 4.69) is 5.32 Å². The number of piperazine rings is 1. The zero-order valence-electron chi connectivity index (χ0n) is 10.6. The molecule has 0 aromatic rings. The summed E-state index contributed by atoms with van der Waals surface area (Å²) in [7, 11) is -3.63. The van der Waals surface area contributed by atoms with Crippen molar-refractivity contribution in [1.29, 1.82) is 0 Å².